The van der Waals surface area contributed by atoms with Gasteiger partial charge in [0, 0.05) is 16.6 Å². The zero-order chi connectivity index (χ0) is 17.8. The van der Waals surface area contributed by atoms with Gasteiger partial charge in [0.2, 0.25) is 0 Å². The molecule has 1 amide bonds. The Kier molecular flexibility index (Phi) is 4.85. The highest BCUT2D eigenvalue weighted by Crippen LogP contribution is 2.30. The lowest BCUT2D eigenvalue weighted by atomic mass is 10.1. The predicted molar refractivity (Wildman–Crippen MR) is 99.5 cm³/mol. The number of methoxy groups -OCH3 is 2. The van der Waals surface area contributed by atoms with Gasteiger partial charge in [0.05, 0.1) is 19.9 Å². The number of hydrogen-bond donors (Lipinski definition) is 2. The molecule has 7 heteroatoms. The SMILES string of the molecule is COc1cccc(OC)c1C(=O)Nc1nc(-c2ccc(N)cc2)cs1. The molecule has 0 aliphatic carbocycles. The summed E-state index contributed by atoms with van der Waals surface area (Å²) in [4.78, 5) is 17.1. The molecule has 1 aromatic heterocycles. The highest BCUT2D eigenvalue weighted by Gasteiger charge is 2.19. The number of carbonyl (C=O) groups excluding carboxylic acids is 1. The Hall–Kier alpha value is -3.06. The minimum absolute atomic E-state index is 0.330. The van der Waals surface area contributed by atoms with Gasteiger partial charge in [0.15, 0.2) is 5.13 Å². The first-order chi connectivity index (χ1) is 12.1. The van der Waals surface area contributed by atoms with Crippen molar-refractivity contribution in [1.82, 2.24) is 4.98 Å². The molecule has 6 nitrogen and oxygen atoms in total. The Morgan fingerprint density at radius 2 is 1.72 bits per heavy atom. The Morgan fingerprint density at radius 3 is 2.32 bits per heavy atom. The molecular formula is C18H17N3O3S. The van der Waals surface area contributed by atoms with Gasteiger partial charge < -0.3 is 15.2 Å². The number of thiazole rings is 1. The van der Waals surface area contributed by atoms with Crippen molar-refractivity contribution >= 4 is 28.1 Å². The molecule has 25 heavy (non-hydrogen) atoms. The van der Waals surface area contributed by atoms with Crippen molar-refractivity contribution in [1.29, 1.82) is 0 Å². The molecule has 0 fully saturated rings. The lowest BCUT2D eigenvalue weighted by molar-refractivity contribution is 0.102. The number of aromatic nitrogens is 1. The van der Waals surface area contributed by atoms with Crippen LogP contribution in [0.1, 0.15) is 10.4 Å². The third-order valence-corrected chi connectivity index (χ3v) is 4.34. The molecule has 0 aliphatic rings. The first kappa shape index (κ1) is 16.8. The van der Waals surface area contributed by atoms with Gasteiger partial charge >= 0.3 is 0 Å². The number of benzene rings is 2. The van der Waals surface area contributed by atoms with Gasteiger partial charge in [-0.25, -0.2) is 4.98 Å². The number of rotatable bonds is 5. The van der Waals surface area contributed by atoms with Crippen LogP contribution in [0.3, 0.4) is 0 Å². The van der Waals surface area contributed by atoms with E-state index in [-0.39, 0.29) is 5.91 Å². The van der Waals surface area contributed by atoms with E-state index < -0.39 is 0 Å². The topological polar surface area (TPSA) is 86.5 Å². The van der Waals surface area contributed by atoms with Gasteiger partial charge in [-0.15, -0.1) is 11.3 Å². The molecule has 128 valence electrons. The maximum absolute atomic E-state index is 12.6. The van der Waals surface area contributed by atoms with Gasteiger partial charge in [-0.1, -0.05) is 18.2 Å². The number of nitrogen functional groups attached to an aromatic ring is 1. The molecule has 1 heterocycles. The minimum Gasteiger partial charge on any atom is -0.496 e. The molecule has 0 aliphatic heterocycles. The van der Waals surface area contributed by atoms with Crippen molar-refractivity contribution in [3.8, 4) is 22.8 Å². The minimum atomic E-state index is -0.340. The number of hydrogen-bond acceptors (Lipinski definition) is 6. The fourth-order valence-electron chi connectivity index (χ4n) is 2.35. The highest BCUT2D eigenvalue weighted by atomic mass is 32.1. The number of nitrogens with one attached hydrogen (secondary N) is 1. The van der Waals surface area contributed by atoms with Crippen LogP contribution in [0.15, 0.2) is 47.8 Å². The van der Waals surface area contributed by atoms with Crippen molar-refractivity contribution in [3.05, 3.63) is 53.4 Å². The van der Waals surface area contributed by atoms with Gasteiger partial charge in [-0.3, -0.25) is 10.1 Å². The second-order valence-corrected chi connectivity index (χ2v) is 6.01. The average molecular weight is 355 g/mol. The van der Waals surface area contributed by atoms with E-state index in [0.29, 0.717) is 27.9 Å². The van der Waals surface area contributed by atoms with Crippen LogP contribution >= 0.6 is 11.3 Å². The standard InChI is InChI=1S/C18H17N3O3S/c1-23-14-4-3-5-15(24-2)16(14)17(22)21-18-20-13(10-25-18)11-6-8-12(19)9-7-11/h3-10H,19H2,1-2H3,(H,20,21,22). The second-order valence-electron chi connectivity index (χ2n) is 5.15. The lowest BCUT2D eigenvalue weighted by Gasteiger charge is -2.11. The molecular weight excluding hydrogens is 338 g/mol. The van der Waals surface area contributed by atoms with Gasteiger partial charge in [-0.2, -0.15) is 0 Å². The Labute approximate surface area is 149 Å². The number of ether oxygens (including phenoxy) is 2. The molecule has 3 N–H and O–H groups in total. The molecule has 2 aromatic carbocycles. The van der Waals surface area contributed by atoms with Crippen molar-refractivity contribution in [2.24, 2.45) is 0 Å². The largest absolute Gasteiger partial charge is 0.496 e. The number of nitrogens with zero attached hydrogens (tertiary/aromatic N) is 1. The number of nitrogens with two attached hydrogens (primary N) is 1. The molecule has 0 saturated carbocycles. The summed E-state index contributed by atoms with van der Waals surface area (Å²) >= 11 is 1.34. The molecule has 3 rings (SSSR count). The Balaban J connectivity index is 1.84. The number of anilines is 2. The van der Waals surface area contributed by atoms with E-state index >= 15 is 0 Å². The van der Waals surface area contributed by atoms with E-state index in [4.69, 9.17) is 15.2 Å². The third-order valence-electron chi connectivity index (χ3n) is 3.59. The summed E-state index contributed by atoms with van der Waals surface area (Å²) in [5.41, 5.74) is 8.42. The Morgan fingerprint density at radius 1 is 1.08 bits per heavy atom. The van der Waals surface area contributed by atoms with Crippen LogP contribution in [0.25, 0.3) is 11.3 Å². The Bertz CT molecular complexity index is 869. The van der Waals surface area contributed by atoms with Crippen LogP contribution in [-0.2, 0) is 0 Å². The summed E-state index contributed by atoms with van der Waals surface area (Å²) in [5.74, 6) is 0.534. The molecule has 0 spiro atoms. The molecule has 0 unspecified atom stereocenters. The highest BCUT2D eigenvalue weighted by molar-refractivity contribution is 7.14. The molecule has 0 saturated heterocycles. The van der Waals surface area contributed by atoms with E-state index in [9.17, 15) is 4.79 Å². The van der Waals surface area contributed by atoms with E-state index in [0.717, 1.165) is 11.3 Å². The van der Waals surface area contributed by atoms with Gasteiger partial charge in [0.25, 0.3) is 5.91 Å². The second kappa shape index (κ2) is 7.23. The summed E-state index contributed by atoms with van der Waals surface area (Å²) in [5, 5.41) is 5.16. The van der Waals surface area contributed by atoms with Crippen LogP contribution in [0.2, 0.25) is 0 Å². The normalized spacial score (nSPS) is 10.3. The summed E-state index contributed by atoms with van der Waals surface area (Å²) in [7, 11) is 3.02. The van der Waals surface area contributed by atoms with Crippen LogP contribution < -0.4 is 20.5 Å². The third kappa shape index (κ3) is 3.56. The van der Waals surface area contributed by atoms with E-state index in [2.05, 4.69) is 10.3 Å². The first-order valence-corrected chi connectivity index (χ1v) is 8.34. The van der Waals surface area contributed by atoms with E-state index in [1.165, 1.54) is 25.6 Å². The maximum Gasteiger partial charge on any atom is 0.265 e. The van der Waals surface area contributed by atoms with Crippen molar-refractivity contribution < 1.29 is 14.3 Å². The summed E-state index contributed by atoms with van der Waals surface area (Å²) in [6, 6.07) is 12.6. The van der Waals surface area contributed by atoms with Crippen molar-refractivity contribution in [2.75, 3.05) is 25.3 Å². The fraction of sp³-hybridized carbons (Fsp3) is 0.111. The number of carbonyl (C=O) groups is 1. The average Bonchev–Trinajstić information content (AvgIpc) is 3.09. The van der Waals surface area contributed by atoms with Crippen LogP contribution in [-0.4, -0.2) is 25.1 Å². The van der Waals surface area contributed by atoms with Crippen molar-refractivity contribution in [2.45, 2.75) is 0 Å². The van der Waals surface area contributed by atoms with Crippen molar-refractivity contribution in [3.63, 3.8) is 0 Å². The monoisotopic (exact) mass is 355 g/mol. The molecule has 0 bridgehead atoms. The zero-order valence-corrected chi connectivity index (χ0v) is 14.6. The van der Waals surface area contributed by atoms with Gasteiger partial charge in [-0.05, 0) is 24.3 Å². The first-order valence-electron chi connectivity index (χ1n) is 7.46. The van der Waals surface area contributed by atoms with Crippen LogP contribution in [0.5, 0.6) is 11.5 Å². The van der Waals surface area contributed by atoms with Gasteiger partial charge in [0.1, 0.15) is 17.1 Å². The van der Waals surface area contributed by atoms with Crippen LogP contribution in [0, 0.1) is 0 Å². The predicted octanol–water partition coefficient (Wildman–Crippen LogP) is 3.66. The lowest BCUT2D eigenvalue weighted by Crippen LogP contribution is -2.14. The summed E-state index contributed by atoms with van der Waals surface area (Å²) < 4.78 is 10.5. The molecule has 3 aromatic rings. The summed E-state index contributed by atoms with van der Waals surface area (Å²) in [6.07, 6.45) is 0. The van der Waals surface area contributed by atoms with E-state index in [1.54, 1.807) is 18.2 Å². The molecule has 0 radical (unpaired) electrons. The quantitative estimate of drug-likeness (QED) is 0.682. The number of amides is 1. The van der Waals surface area contributed by atoms with E-state index in [1.807, 2.05) is 29.6 Å². The molecule has 0 atom stereocenters. The summed E-state index contributed by atoms with van der Waals surface area (Å²) in [6.45, 7) is 0. The zero-order valence-electron chi connectivity index (χ0n) is 13.8. The smallest absolute Gasteiger partial charge is 0.265 e. The van der Waals surface area contributed by atoms with Crippen LogP contribution in [0.4, 0.5) is 10.8 Å². The maximum atomic E-state index is 12.6. The fourth-order valence-corrected chi connectivity index (χ4v) is 3.07.